The van der Waals surface area contributed by atoms with Gasteiger partial charge in [0.15, 0.2) is 5.96 Å². The molecule has 96 valence electrons. The molecule has 0 aromatic heterocycles. The van der Waals surface area contributed by atoms with Crippen molar-refractivity contribution in [3.05, 3.63) is 0 Å². The van der Waals surface area contributed by atoms with Crippen molar-refractivity contribution in [3.63, 3.8) is 0 Å². The van der Waals surface area contributed by atoms with Gasteiger partial charge in [0, 0.05) is 35.6 Å². The maximum Gasteiger partial charge on any atom is 0.191 e. The molecule has 0 aliphatic carbocycles. The molecule has 1 rings (SSSR count). The summed E-state index contributed by atoms with van der Waals surface area (Å²) in [5, 5.41) is 7.20. The van der Waals surface area contributed by atoms with Crippen LogP contribution < -0.4 is 10.6 Å². The second-order valence-corrected chi connectivity index (χ2v) is 5.88. The van der Waals surface area contributed by atoms with Crippen molar-refractivity contribution in [1.29, 1.82) is 0 Å². The number of thioether (sulfide) groups is 2. The molecule has 1 aliphatic heterocycles. The molecule has 0 saturated carbocycles. The van der Waals surface area contributed by atoms with Gasteiger partial charge in [0.1, 0.15) is 0 Å². The van der Waals surface area contributed by atoms with Crippen LogP contribution in [0.4, 0.5) is 0 Å². The zero-order chi connectivity index (χ0) is 10.9. The van der Waals surface area contributed by atoms with Crippen LogP contribution in [0.2, 0.25) is 0 Å². The molecule has 0 aromatic carbocycles. The molecule has 0 spiro atoms. The summed E-state index contributed by atoms with van der Waals surface area (Å²) in [7, 11) is 0. The lowest BCUT2D eigenvalue weighted by molar-refractivity contribution is 0.832. The number of halogens is 1. The van der Waals surface area contributed by atoms with Gasteiger partial charge in [0.2, 0.25) is 0 Å². The van der Waals surface area contributed by atoms with Crippen LogP contribution in [0.1, 0.15) is 13.8 Å². The van der Waals surface area contributed by atoms with Crippen LogP contribution in [0.15, 0.2) is 4.99 Å². The third-order valence-electron chi connectivity index (χ3n) is 2.03. The zero-order valence-electron chi connectivity index (χ0n) is 9.99. The van der Waals surface area contributed by atoms with Gasteiger partial charge in [-0.25, -0.2) is 0 Å². The largest absolute Gasteiger partial charge is 0.357 e. The van der Waals surface area contributed by atoms with E-state index in [0.29, 0.717) is 5.25 Å². The molecule has 1 atom stereocenters. The number of aliphatic imine (C=N–C) groups is 1. The van der Waals surface area contributed by atoms with E-state index in [1.807, 2.05) is 0 Å². The minimum atomic E-state index is 0. The van der Waals surface area contributed by atoms with Crippen LogP contribution in [0, 0.1) is 0 Å². The number of hydrogen-bond acceptors (Lipinski definition) is 3. The Kier molecular flexibility index (Phi) is 11.3. The molecule has 0 radical (unpaired) electrons. The molecular formula is C10H22IN3S2. The molecule has 1 saturated heterocycles. The Morgan fingerprint density at radius 1 is 1.25 bits per heavy atom. The summed E-state index contributed by atoms with van der Waals surface area (Å²) in [5.41, 5.74) is 0. The lowest BCUT2D eigenvalue weighted by atomic mass is 10.5. The summed E-state index contributed by atoms with van der Waals surface area (Å²) in [4.78, 5) is 4.59. The number of nitrogens with one attached hydrogen (secondary N) is 2. The number of hydrogen-bond donors (Lipinski definition) is 2. The average molecular weight is 375 g/mol. The minimum absolute atomic E-state index is 0. The van der Waals surface area contributed by atoms with Crippen molar-refractivity contribution in [2.24, 2.45) is 4.99 Å². The standard InChI is InChI=1S/C10H21N3S2.HI/c1-3-11-10(12-4-2)13-7-9-8-14-5-6-15-9;/h9H,3-8H2,1-2H3,(H2,11,12,13);1H. The van der Waals surface area contributed by atoms with Crippen LogP contribution in [-0.2, 0) is 0 Å². The smallest absolute Gasteiger partial charge is 0.191 e. The van der Waals surface area contributed by atoms with E-state index >= 15 is 0 Å². The summed E-state index contributed by atoms with van der Waals surface area (Å²) in [5.74, 6) is 4.79. The van der Waals surface area contributed by atoms with Crippen molar-refractivity contribution in [2.75, 3.05) is 36.9 Å². The van der Waals surface area contributed by atoms with Crippen molar-refractivity contribution < 1.29 is 0 Å². The van der Waals surface area contributed by atoms with E-state index in [1.165, 1.54) is 17.3 Å². The van der Waals surface area contributed by atoms with Gasteiger partial charge in [0.25, 0.3) is 0 Å². The summed E-state index contributed by atoms with van der Waals surface area (Å²) < 4.78 is 0. The number of guanidine groups is 1. The second kappa shape index (κ2) is 10.8. The van der Waals surface area contributed by atoms with Gasteiger partial charge in [-0.05, 0) is 13.8 Å². The molecule has 0 bridgehead atoms. The van der Waals surface area contributed by atoms with Gasteiger partial charge in [-0.2, -0.15) is 23.5 Å². The fourth-order valence-corrected chi connectivity index (χ4v) is 3.92. The van der Waals surface area contributed by atoms with E-state index < -0.39 is 0 Å². The molecule has 1 heterocycles. The van der Waals surface area contributed by atoms with E-state index in [1.54, 1.807) is 0 Å². The SMILES string of the molecule is CCNC(=NCC1CSCCS1)NCC.I. The Bertz CT molecular complexity index is 189. The molecule has 1 unspecified atom stereocenters. The average Bonchev–Trinajstić information content (AvgIpc) is 2.28. The van der Waals surface area contributed by atoms with Crippen LogP contribution in [0.3, 0.4) is 0 Å². The van der Waals surface area contributed by atoms with Gasteiger partial charge < -0.3 is 10.6 Å². The summed E-state index contributed by atoms with van der Waals surface area (Å²) in [6.45, 7) is 6.99. The first-order valence-corrected chi connectivity index (χ1v) is 7.78. The predicted molar refractivity (Wildman–Crippen MR) is 88.6 cm³/mol. The molecular weight excluding hydrogens is 353 g/mol. The fraction of sp³-hybridized carbons (Fsp3) is 0.900. The van der Waals surface area contributed by atoms with Gasteiger partial charge in [-0.3, -0.25) is 4.99 Å². The van der Waals surface area contributed by atoms with Crippen molar-refractivity contribution in [3.8, 4) is 0 Å². The first kappa shape index (κ1) is 16.7. The van der Waals surface area contributed by atoms with E-state index in [0.717, 1.165) is 25.6 Å². The highest BCUT2D eigenvalue weighted by atomic mass is 127. The Hall–Kier alpha value is 0.700. The highest BCUT2D eigenvalue weighted by molar-refractivity contribution is 14.0. The quantitative estimate of drug-likeness (QED) is 0.448. The number of nitrogens with zero attached hydrogens (tertiary/aromatic N) is 1. The van der Waals surface area contributed by atoms with Crippen molar-refractivity contribution in [2.45, 2.75) is 19.1 Å². The number of rotatable bonds is 4. The molecule has 0 amide bonds. The normalized spacial score (nSPS) is 19.5. The summed E-state index contributed by atoms with van der Waals surface area (Å²) in [6, 6.07) is 0. The van der Waals surface area contributed by atoms with Crippen molar-refractivity contribution in [1.82, 2.24) is 10.6 Å². The Labute approximate surface area is 124 Å². The maximum absolute atomic E-state index is 4.59. The Balaban J connectivity index is 0.00000225. The third kappa shape index (κ3) is 7.11. The lowest BCUT2D eigenvalue weighted by Gasteiger charge is -2.19. The van der Waals surface area contributed by atoms with E-state index in [9.17, 15) is 0 Å². The van der Waals surface area contributed by atoms with Crippen LogP contribution in [0.25, 0.3) is 0 Å². The second-order valence-electron chi connectivity index (χ2n) is 3.32. The Morgan fingerprint density at radius 2 is 1.94 bits per heavy atom. The third-order valence-corrected chi connectivity index (χ3v) is 4.85. The summed E-state index contributed by atoms with van der Waals surface area (Å²) >= 11 is 4.11. The molecule has 16 heavy (non-hydrogen) atoms. The van der Waals surface area contributed by atoms with E-state index in [2.05, 4.69) is 53.0 Å². The predicted octanol–water partition coefficient (Wildman–Crippen LogP) is 2.03. The minimum Gasteiger partial charge on any atom is -0.357 e. The van der Waals surface area contributed by atoms with Crippen LogP contribution in [-0.4, -0.2) is 48.1 Å². The van der Waals surface area contributed by atoms with Crippen molar-refractivity contribution >= 4 is 53.5 Å². The highest BCUT2D eigenvalue weighted by Crippen LogP contribution is 2.23. The molecule has 0 aromatic rings. The monoisotopic (exact) mass is 375 g/mol. The summed E-state index contributed by atoms with van der Waals surface area (Å²) in [6.07, 6.45) is 0. The fourth-order valence-electron chi connectivity index (χ4n) is 1.34. The molecule has 6 heteroatoms. The topological polar surface area (TPSA) is 36.4 Å². The Morgan fingerprint density at radius 3 is 2.44 bits per heavy atom. The van der Waals surface area contributed by atoms with Crippen LogP contribution >= 0.6 is 47.5 Å². The van der Waals surface area contributed by atoms with Gasteiger partial charge in [-0.1, -0.05) is 0 Å². The lowest BCUT2D eigenvalue weighted by Crippen LogP contribution is -2.37. The van der Waals surface area contributed by atoms with E-state index in [4.69, 9.17) is 0 Å². The maximum atomic E-state index is 4.59. The van der Waals surface area contributed by atoms with Gasteiger partial charge in [-0.15, -0.1) is 24.0 Å². The van der Waals surface area contributed by atoms with E-state index in [-0.39, 0.29) is 24.0 Å². The molecule has 1 aliphatic rings. The highest BCUT2D eigenvalue weighted by Gasteiger charge is 2.13. The van der Waals surface area contributed by atoms with Gasteiger partial charge >= 0.3 is 0 Å². The first-order valence-electron chi connectivity index (χ1n) is 5.58. The van der Waals surface area contributed by atoms with Gasteiger partial charge in [0.05, 0.1) is 6.54 Å². The molecule has 2 N–H and O–H groups in total. The molecule has 3 nitrogen and oxygen atoms in total. The van der Waals surface area contributed by atoms with Crippen LogP contribution in [0.5, 0.6) is 0 Å². The first-order chi connectivity index (χ1) is 7.36. The zero-order valence-corrected chi connectivity index (χ0v) is 14.0. The molecule has 1 fully saturated rings.